The van der Waals surface area contributed by atoms with E-state index >= 15 is 0 Å². The molecule has 6 heteroatoms. The van der Waals surface area contributed by atoms with E-state index in [1.807, 2.05) is 22.6 Å². The van der Waals surface area contributed by atoms with Crippen molar-refractivity contribution in [2.45, 2.75) is 0 Å². The first-order chi connectivity index (χ1) is 7.68. The zero-order valence-corrected chi connectivity index (χ0v) is 10.9. The van der Waals surface area contributed by atoms with Gasteiger partial charge in [-0.05, 0) is 34.7 Å². The van der Waals surface area contributed by atoms with Crippen LogP contribution in [0.25, 0.3) is 0 Å². The number of rotatable bonds is 1. The highest BCUT2D eigenvalue weighted by molar-refractivity contribution is 14.1. The van der Waals surface area contributed by atoms with Crippen LogP contribution in [0.3, 0.4) is 0 Å². The van der Waals surface area contributed by atoms with Crippen molar-refractivity contribution < 1.29 is 9.13 Å². The lowest BCUT2D eigenvalue weighted by Gasteiger charge is -2.14. The smallest absolute Gasteiger partial charge is 0.255 e. The molecule has 1 aliphatic rings. The maximum Gasteiger partial charge on any atom is 0.255 e. The predicted octanol–water partition coefficient (Wildman–Crippen LogP) is 3.25. The normalized spacial score (nSPS) is 15.6. The summed E-state index contributed by atoms with van der Waals surface area (Å²) >= 11 is 7.74. The molecule has 3 nitrogen and oxygen atoms in total. The van der Waals surface area contributed by atoms with Crippen molar-refractivity contribution in [1.82, 2.24) is 5.32 Å². The lowest BCUT2D eigenvalue weighted by molar-refractivity contribution is 0.504. The number of hydrogen-bond acceptors (Lipinski definition) is 3. The maximum atomic E-state index is 13.6. The van der Waals surface area contributed by atoms with Gasteiger partial charge < -0.3 is 10.1 Å². The third kappa shape index (κ3) is 2.46. The first kappa shape index (κ1) is 11.7. The highest BCUT2D eigenvalue weighted by Crippen LogP contribution is 2.26. The van der Waals surface area contributed by atoms with Crippen LogP contribution in [-0.2, 0) is 0 Å². The average molecular weight is 353 g/mol. The van der Waals surface area contributed by atoms with Crippen LogP contribution in [0.4, 0.5) is 4.39 Å². The van der Waals surface area contributed by atoms with Crippen molar-refractivity contribution in [2.75, 3.05) is 6.67 Å². The fourth-order valence-corrected chi connectivity index (χ4v) is 1.71. The Kier molecular flexibility index (Phi) is 3.65. The van der Waals surface area contributed by atoms with Crippen LogP contribution in [-0.4, -0.2) is 12.6 Å². The van der Waals surface area contributed by atoms with Crippen LogP contribution in [0.1, 0.15) is 0 Å². The van der Waals surface area contributed by atoms with E-state index in [-0.39, 0.29) is 5.90 Å². The summed E-state index contributed by atoms with van der Waals surface area (Å²) in [5.74, 6) is -0.160. The molecule has 1 N–H and O–H groups in total. The van der Waals surface area contributed by atoms with Gasteiger partial charge in [0.2, 0.25) is 5.83 Å². The minimum Gasteiger partial charge on any atom is -0.435 e. The van der Waals surface area contributed by atoms with Crippen molar-refractivity contribution in [3.05, 3.63) is 38.8 Å². The molecule has 0 spiro atoms. The fourth-order valence-electron chi connectivity index (χ4n) is 1.13. The van der Waals surface area contributed by atoms with E-state index < -0.39 is 5.83 Å². The highest BCUT2D eigenvalue weighted by atomic mass is 127. The standard InChI is InChI=1S/C10H7ClFIN2O/c11-6-3-1-2-4-7(6)16-10-8(12)9(13)14-5-15-10/h1-4,14H,5H2. The first-order valence-corrected chi connectivity index (χ1v) is 5.90. The van der Waals surface area contributed by atoms with Gasteiger partial charge in [-0.3, -0.25) is 0 Å². The fraction of sp³-hybridized carbons (Fsp3) is 0.100. The Hall–Kier alpha value is -0.820. The molecule has 16 heavy (non-hydrogen) atoms. The molecule has 0 aliphatic carbocycles. The van der Waals surface area contributed by atoms with Crippen LogP contribution < -0.4 is 10.1 Å². The molecule has 1 heterocycles. The molecule has 0 atom stereocenters. The molecular formula is C10H7ClFIN2O. The van der Waals surface area contributed by atoms with Gasteiger partial charge in [-0.1, -0.05) is 23.7 Å². The highest BCUT2D eigenvalue weighted by Gasteiger charge is 2.18. The molecule has 0 saturated carbocycles. The molecule has 0 radical (unpaired) electrons. The van der Waals surface area contributed by atoms with Gasteiger partial charge in [-0.2, -0.15) is 4.39 Å². The lowest BCUT2D eigenvalue weighted by Crippen LogP contribution is -2.24. The third-order valence-electron chi connectivity index (χ3n) is 1.88. The molecular weight excluding hydrogens is 345 g/mol. The van der Waals surface area contributed by atoms with Gasteiger partial charge in [0.25, 0.3) is 5.90 Å². The Bertz CT molecular complexity index is 476. The molecule has 0 aromatic heterocycles. The molecule has 2 rings (SSSR count). The molecule has 84 valence electrons. The van der Waals surface area contributed by atoms with Crippen molar-refractivity contribution in [2.24, 2.45) is 4.99 Å². The van der Waals surface area contributed by atoms with Gasteiger partial charge in [0.05, 0.1) is 5.02 Å². The summed E-state index contributed by atoms with van der Waals surface area (Å²) in [6.45, 7) is 0.297. The molecule has 1 aliphatic heterocycles. The summed E-state index contributed by atoms with van der Waals surface area (Å²) in [5, 5.41) is 3.18. The van der Waals surface area contributed by atoms with Crippen molar-refractivity contribution in [3.8, 4) is 5.75 Å². The second-order valence-corrected chi connectivity index (χ2v) is 4.44. The Morgan fingerprint density at radius 2 is 2.19 bits per heavy atom. The number of benzene rings is 1. The van der Waals surface area contributed by atoms with Crippen LogP contribution in [0, 0.1) is 0 Å². The molecule has 0 fully saturated rings. The van der Waals surface area contributed by atoms with Crippen LogP contribution in [0.2, 0.25) is 5.02 Å². The summed E-state index contributed by atoms with van der Waals surface area (Å²) in [4.78, 5) is 3.88. The second kappa shape index (κ2) is 5.01. The Balaban J connectivity index is 2.23. The molecule has 0 amide bonds. The summed E-state index contributed by atoms with van der Waals surface area (Å²) in [6.07, 6.45) is 0. The quantitative estimate of drug-likeness (QED) is 0.622. The minimum atomic E-state index is -0.508. The van der Waals surface area contributed by atoms with E-state index in [1.54, 1.807) is 24.3 Å². The van der Waals surface area contributed by atoms with E-state index in [4.69, 9.17) is 16.3 Å². The van der Waals surface area contributed by atoms with Gasteiger partial charge in [-0.25, -0.2) is 4.99 Å². The molecule has 1 aromatic carbocycles. The monoisotopic (exact) mass is 352 g/mol. The van der Waals surface area contributed by atoms with E-state index in [1.165, 1.54) is 0 Å². The number of nitrogens with zero attached hydrogens (tertiary/aromatic N) is 1. The van der Waals surface area contributed by atoms with E-state index in [0.717, 1.165) is 0 Å². The largest absolute Gasteiger partial charge is 0.435 e. The van der Waals surface area contributed by atoms with Crippen molar-refractivity contribution in [3.63, 3.8) is 0 Å². The molecule has 0 bridgehead atoms. The molecule has 0 saturated heterocycles. The van der Waals surface area contributed by atoms with E-state index in [9.17, 15) is 4.39 Å². The Morgan fingerprint density at radius 3 is 2.94 bits per heavy atom. The zero-order chi connectivity index (χ0) is 11.5. The van der Waals surface area contributed by atoms with Crippen molar-refractivity contribution >= 4 is 40.1 Å². The number of halogens is 3. The van der Waals surface area contributed by atoms with E-state index in [2.05, 4.69) is 10.3 Å². The van der Waals surface area contributed by atoms with Crippen LogP contribution in [0.5, 0.6) is 5.75 Å². The average Bonchev–Trinajstić information content (AvgIpc) is 2.28. The van der Waals surface area contributed by atoms with E-state index in [0.29, 0.717) is 21.1 Å². The second-order valence-electron chi connectivity index (χ2n) is 2.96. The summed E-state index contributed by atoms with van der Waals surface area (Å²) in [6, 6.07) is 6.86. The Labute approximate surface area is 110 Å². The lowest BCUT2D eigenvalue weighted by atomic mass is 10.3. The topological polar surface area (TPSA) is 33.6 Å². The SMILES string of the molecule is FC1=C(I)NCN=C1Oc1ccccc1Cl. The van der Waals surface area contributed by atoms with Gasteiger partial charge in [-0.15, -0.1) is 0 Å². The van der Waals surface area contributed by atoms with Gasteiger partial charge in [0, 0.05) is 0 Å². The third-order valence-corrected chi connectivity index (χ3v) is 3.05. The van der Waals surface area contributed by atoms with Crippen LogP contribution in [0.15, 0.2) is 38.8 Å². The zero-order valence-electron chi connectivity index (χ0n) is 8.01. The number of aliphatic imine (C=N–C) groups is 1. The number of ether oxygens (including phenoxy) is 1. The van der Waals surface area contributed by atoms with Gasteiger partial charge in [0.15, 0.2) is 0 Å². The first-order valence-electron chi connectivity index (χ1n) is 4.45. The van der Waals surface area contributed by atoms with Gasteiger partial charge >= 0.3 is 0 Å². The Morgan fingerprint density at radius 1 is 1.44 bits per heavy atom. The number of hydrogen-bond donors (Lipinski definition) is 1. The van der Waals surface area contributed by atoms with Gasteiger partial charge in [0.1, 0.15) is 16.1 Å². The number of para-hydroxylation sites is 1. The molecule has 0 unspecified atom stereocenters. The molecule has 1 aromatic rings. The maximum absolute atomic E-state index is 13.6. The predicted molar refractivity (Wildman–Crippen MR) is 69.7 cm³/mol. The summed E-state index contributed by atoms with van der Waals surface area (Å²) < 4.78 is 19.3. The summed E-state index contributed by atoms with van der Waals surface area (Å²) in [5.41, 5.74) is 0. The van der Waals surface area contributed by atoms with Crippen LogP contribution >= 0.6 is 34.2 Å². The summed E-state index contributed by atoms with van der Waals surface area (Å²) in [7, 11) is 0. The minimum absolute atomic E-state index is 0.0451. The van der Waals surface area contributed by atoms with Crippen molar-refractivity contribution in [1.29, 1.82) is 0 Å². The number of nitrogens with one attached hydrogen (secondary N) is 1.